The van der Waals surface area contributed by atoms with Crippen LogP contribution in [-0.4, -0.2) is 70.2 Å². The van der Waals surface area contributed by atoms with Crippen molar-refractivity contribution in [3.8, 4) is 5.75 Å². The number of rotatable bonds is 9. The summed E-state index contributed by atoms with van der Waals surface area (Å²) in [7, 11) is 3.43. The maximum absolute atomic E-state index is 12.2. The molecule has 1 saturated heterocycles. The van der Waals surface area contributed by atoms with E-state index in [0.29, 0.717) is 19.8 Å². The summed E-state index contributed by atoms with van der Waals surface area (Å²) < 4.78 is 52.2. The maximum Gasteiger partial charge on any atom is 0.422 e. The van der Waals surface area contributed by atoms with Crippen LogP contribution in [0.2, 0.25) is 0 Å². The van der Waals surface area contributed by atoms with E-state index in [2.05, 4.69) is 15.2 Å². The topological polar surface area (TPSA) is 55.3 Å². The summed E-state index contributed by atoms with van der Waals surface area (Å²) >= 11 is 0. The SMILES string of the molecule is CN=C(NCc1ccc(OCC(F)(F)F)cc1)N1CCC(OCCCOC)CC1. The first-order valence-corrected chi connectivity index (χ1v) is 9.76. The van der Waals surface area contributed by atoms with E-state index in [1.165, 1.54) is 12.1 Å². The Balaban J connectivity index is 1.72. The summed E-state index contributed by atoms with van der Waals surface area (Å²) in [4.78, 5) is 6.53. The molecule has 29 heavy (non-hydrogen) atoms. The van der Waals surface area contributed by atoms with Crippen LogP contribution in [0.25, 0.3) is 0 Å². The Morgan fingerprint density at radius 3 is 2.45 bits per heavy atom. The first kappa shape index (κ1) is 23.3. The number of guanidine groups is 1. The lowest BCUT2D eigenvalue weighted by atomic mass is 10.1. The average molecular weight is 417 g/mol. The van der Waals surface area contributed by atoms with Crippen LogP contribution in [0.3, 0.4) is 0 Å². The van der Waals surface area contributed by atoms with E-state index in [9.17, 15) is 13.2 Å². The molecule has 164 valence electrons. The molecule has 0 unspecified atom stereocenters. The highest BCUT2D eigenvalue weighted by Gasteiger charge is 2.28. The van der Waals surface area contributed by atoms with Crippen LogP contribution in [-0.2, 0) is 16.0 Å². The highest BCUT2D eigenvalue weighted by molar-refractivity contribution is 5.79. The molecule has 9 heteroatoms. The molecule has 6 nitrogen and oxygen atoms in total. The van der Waals surface area contributed by atoms with E-state index in [1.54, 1.807) is 26.3 Å². The van der Waals surface area contributed by atoms with Crippen molar-refractivity contribution in [2.24, 2.45) is 4.99 Å². The van der Waals surface area contributed by atoms with E-state index >= 15 is 0 Å². The molecule has 0 bridgehead atoms. The summed E-state index contributed by atoms with van der Waals surface area (Å²) in [5, 5.41) is 3.30. The second-order valence-electron chi connectivity index (χ2n) is 6.85. The van der Waals surface area contributed by atoms with Crippen molar-refractivity contribution in [1.82, 2.24) is 10.2 Å². The van der Waals surface area contributed by atoms with Gasteiger partial charge in [0.2, 0.25) is 0 Å². The lowest BCUT2D eigenvalue weighted by Gasteiger charge is -2.34. The molecule has 1 aliphatic heterocycles. The third-order valence-electron chi connectivity index (χ3n) is 4.58. The van der Waals surface area contributed by atoms with Gasteiger partial charge in [-0.1, -0.05) is 12.1 Å². The number of benzene rings is 1. The zero-order chi connectivity index (χ0) is 21.1. The number of hydrogen-bond acceptors (Lipinski definition) is 4. The van der Waals surface area contributed by atoms with Gasteiger partial charge in [-0.15, -0.1) is 0 Å². The van der Waals surface area contributed by atoms with Crippen LogP contribution in [0, 0.1) is 0 Å². The van der Waals surface area contributed by atoms with Crippen LogP contribution < -0.4 is 10.1 Å². The normalized spacial score (nSPS) is 16.2. The molecule has 0 amide bonds. The largest absolute Gasteiger partial charge is 0.484 e. The molecule has 0 spiro atoms. The van der Waals surface area contributed by atoms with E-state index in [1.807, 2.05) is 0 Å². The first-order valence-electron chi connectivity index (χ1n) is 9.76. The fourth-order valence-corrected chi connectivity index (χ4v) is 3.07. The zero-order valence-corrected chi connectivity index (χ0v) is 17.0. The maximum atomic E-state index is 12.2. The van der Waals surface area contributed by atoms with Crippen molar-refractivity contribution < 1.29 is 27.4 Å². The van der Waals surface area contributed by atoms with Gasteiger partial charge in [0.05, 0.1) is 6.10 Å². The molecule has 1 aromatic rings. The fraction of sp³-hybridized carbons (Fsp3) is 0.650. The Labute approximate surface area is 170 Å². The van der Waals surface area contributed by atoms with Crippen LogP contribution in [0.5, 0.6) is 5.75 Å². The lowest BCUT2D eigenvalue weighted by Crippen LogP contribution is -2.46. The third kappa shape index (κ3) is 8.91. The van der Waals surface area contributed by atoms with Crippen molar-refractivity contribution in [2.45, 2.75) is 38.1 Å². The highest BCUT2D eigenvalue weighted by atomic mass is 19.4. The first-order chi connectivity index (χ1) is 13.9. The Morgan fingerprint density at radius 1 is 1.17 bits per heavy atom. The molecule has 1 aliphatic rings. The number of likely N-dealkylation sites (tertiary alicyclic amines) is 1. The molecule has 1 heterocycles. The van der Waals surface area contributed by atoms with Crippen molar-refractivity contribution >= 4 is 5.96 Å². The van der Waals surface area contributed by atoms with Gasteiger partial charge in [0.15, 0.2) is 12.6 Å². The minimum atomic E-state index is -4.34. The molecule has 1 fully saturated rings. The lowest BCUT2D eigenvalue weighted by molar-refractivity contribution is -0.153. The molecule has 0 atom stereocenters. The Kier molecular flexibility index (Phi) is 9.53. The molecular weight excluding hydrogens is 387 g/mol. The van der Waals surface area contributed by atoms with Crippen molar-refractivity contribution in [2.75, 3.05) is 47.1 Å². The number of nitrogens with one attached hydrogen (secondary N) is 1. The molecule has 0 saturated carbocycles. The van der Waals surface area contributed by atoms with E-state index < -0.39 is 12.8 Å². The van der Waals surface area contributed by atoms with Gasteiger partial charge in [0.25, 0.3) is 0 Å². The van der Waals surface area contributed by atoms with Gasteiger partial charge in [-0.05, 0) is 37.0 Å². The molecule has 1 N–H and O–H groups in total. The molecule has 0 radical (unpaired) electrons. The minimum absolute atomic E-state index is 0.197. The summed E-state index contributed by atoms with van der Waals surface area (Å²) in [6, 6.07) is 6.56. The van der Waals surface area contributed by atoms with E-state index in [0.717, 1.165) is 43.9 Å². The monoisotopic (exact) mass is 417 g/mol. The number of ether oxygens (including phenoxy) is 3. The van der Waals surface area contributed by atoms with Gasteiger partial charge in [-0.3, -0.25) is 4.99 Å². The van der Waals surface area contributed by atoms with Crippen LogP contribution in [0.4, 0.5) is 13.2 Å². The van der Waals surface area contributed by atoms with E-state index in [-0.39, 0.29) is 11.9 Å². The highest BCUT2D eigenvalue weighted by Crippen LogP contribution is 2.19. The average Bonchev–Trinajstić information content (AvgIpc) is 2.71. The Hall–Kier alpha value is -2.00. The fourth-order valence-electron chi connectivity index (χ4n) is 3.07. The van der Waals surface area contributed by atoms with Crippen LogP contribution in [0.1, 0.15) is 24.8 Å². The van der Waals surface area contributed by atoms with Crippen LogP contribution >= 0.6 is 0 Å². The summed E-state index contributed by atoms with van der Waals surface area (Å²) in [5.41, 5.74) is 0.932. The van der Waals surface area contributed by atoms with Gasteiger partial charge in [-0.25, -0.2) is 0 Å². The number of piperidine rings is 1. The predicted molar refractivity (Wildman–Crippen MR) is 105 cm³/mol. The van der Waals surface area contributed by atoms with Gasteiger partial charge in [0, 0.05) is 47.0 Å². The number of hydrogen-bond donors (Lipinski definition) is 1. The smallest absolute Gasteiger partial charge is 0.422 e. The van der Waals surface area contributed by atoms with Gasteiger partial charge >= 0.3 is 6.18 Å². The molecule has 1 aromatic carbocycles. The quantitative estimate of drug-likeness (QED) is 0.380. The number of alkyl halides is 3. The van der Waals surface area contributed by atoms with Crippen molar-refractivity contribution in [3.05, 3.63) is 29.8 Å². The number of halogens is 3. The van der Waals surface area contributed by atoms with Gasteiger partial charge in [0.1, 0.15) is 5.75 Å². The van der Waals surface area contributed by atoms with Gasteiger partial charge in [-0.2, -0.15) is 13.2 Å². The third-order valence-corrected chi connectivity index (χ3v) is 4.58. The standard InChI is InChI=1S/C20H30F3N3O3/c1-24-19(26-10-8-18(9-11-26)28-13-3-12-27-2)25-14-16-4-6-17(7-5-16)29-15-20(21,22)23/h4-7,18H,3,8-15H2,1-2H3,(H,24,25). The number of methoxy groups -OCH3 is 1. The van der Waals surface area contributed by atoms with Crippen LogP contribution in [0.15, 0.2) is 29.3 Å². The second-order valence-corrected chi connectivity index (χ2v) is 6.85. The minimum Gasteiger partial charge on any atom is -0.484 e. The molecule has 0 aromatic heterocycles. The Morgan fingerprint density at radius 2 is 1.86 bits per heavy atom. The molecular formula is C20H30F3N3O3. The molecule has 2 rings (SSSR count). The second kappa shape index (κ2) is 11.9. The predicted octanol–water partition coefficient (Wildman–Crippen LogP) is 3.22. The zero-order valence-electron chi connectivity index (χ0n) is 17.0. The molecule has 0 aliphatic carbocycles. The van der Waals surface area contributed by atoms with E-state index in [4.69, 9.17) is 14.2 Å². The van der Waals surface area contributed by atoms with Crippen molar-refractivity contribution in [3.63, 3.8) is 0 Å². The number of nitrogens with zero attached hydrogens (tertiary/aromatic N) is 2. The van der Waals surface area contributed by atoms with Gasteiger partial charge < -0.3 is 24.4 Å². The number of aliphatic imine (C=N–C) groups is 1. The van der Waals surface area contributed by atoms with Crippen molar-refractivity contribution in [1.29, 1.82) is 0 Å². The summed E-state index contributed by atoms with van der Waals surface area (Å²) in [6.07, 6.45) is -1.28. The Bertz CT molecular complexity index is 616. The summed E-state index contributed by atoms with van der Waals surface area (Å²) in [5.74, 6) is 1.00. The summed E-state index contributed by atoms with van der Waals surface area (Å²) in [6.45, 7) is 2.39.